The van der Waals surface area contributed by atoms with Gasteiger partial charge in [0.15, 0.2) is 0 Å². The van der Waals surface area contributed by atoms with Gasteiger partial charge in [0.2, 0.25) is 0 Å². The molecule has 0 atom stereocenters. The highest BCUT2D eigenvalue weighted by Gasteiger charge is 2.20. The summed E-state index contributed by atoms with van der Waals surface area (Å²) in [5.41, 5.74) is 4.02. The lowest BCUT2D eigenvalue weighted by Gasteiger charge is -2.12. The van der Waals surface area contributed by atoms with Gasteiger partial charge in [-0.3, -0.25) is 0 Å². The number of benzene rings is 2. The van der Waals surface area contributed by atoms with E-state index in [2.05, 4.69) is 16.4 Å². The van der Waals surface area contributed by atoms with Crippen molar-refractivity contribution in [3.05, 3.63) is 54.2 Å². The summed E-state index contributed by atoms with van der Waals surface area (Å²) in [5, 5.41) is 8.85. The topological polar surface area (TPSA) is 49.2 Å². The first-order valence-electron chi connectivity index (χ1n) is 8.18. The molecule has 0 aliphatic carbocycles. The number of aromatic nitrogens is 3. The van der Waals surface area contributed by atoms with Crippen LogP contribution in [0.25, 0.3) is 16.9 Å². The van der Waals surface area contributed by atoms with Crippen molar-refractivity contribution >= 4 is 0 Å². The van der Waals surface area contributed by atoms with E-state index in [1.807, 2.05) is 47.1 Å². The molecule has 0 saturated heterocycles. The van der Waals surface area contributed by atoms with Gasteiger partial charge in [-0.25, -0.2) is 4.68 Å². The van der Waals surface area contributed by atoms with Crippen molar-refractivity contribution in [2.45, 2.75) is 19.3 Å². The van der Waals surface area contributed by atoms with Crippen molar-refractivity contribution in [2.75, 3.05) is 13.7 Å². The van der Waals surface area contributed by atoms with Crippen molar-refractivity contribution < 1.29 is 9.47 Å². The van der Waals surface area contributed by atoms with Crippen LogP contribution >= 0.6 is 0 Å². The quantitative estimate of drug-likeness (QED) is 0.723. The molecule has 0 unspecified atom stereocenters. The molecule has 1 aromatic heterocycles. The van der Waals surface area contributed by atoms with E-state index < -0.39 is 0 Å². The summed E-state index contributed by atoms with van der Waals surface area (Å²) < 4.78 is 13.1. The minimum atomic E-state index is 0.733. The van der Waals surface area contributed by atoms with Crippen LogP contribution in [-0.2, 0) is 6.42 Å². The molecule has 2 heterocycles. The van der Waals surface area contributed by atoms with E-state index in [0.29, 0.717) is 0 Å². The Balaban J connectivity index is 1.88. The summed E-state index contributed by atoms with van der Waals surface area (Å²) in [6.07, 6.45) is 2.97. The number of ether oxygens (including phenoxy) is 2. The first-order chi connectivity index (χ1) is 11.9. The number of hydrogen-bond donors (Lipinski definition) is 0. The Morgan fingerprint density at radius 1 is 1.04 bits per heavy atom. The van der Waals surface area contributed by atoms with Crippen molar-refractivity contribution in [3.63, 3.8) is 0 Å². The van der Waals surface area contributed by atoms with Crippen molar-refractivity contribution in [2.24, 2.45) is 0 Å². The Kier molecular flexibility index (Phi) is 3.91. The van der Waals surface area contributed by atoms with Gasteiger partial charge in [0.05, 0.1) is 25.1 Å². The molecular weight excluding hydrogens is 302 g/mol. The third kappa shape index (κ3) is 2.62. The monoisotopic (exact) mass is 321 g/mol. The standard InChI is InChI=1S/C19H19N3O2/c1-23-15-11-9-14(10-12-15)22-19-16-6-2-3-8-18(16)24-13-5-4-7-17(19)20-21-22/h2-3,6,8-12H,4-5,7,13H2,1H3. The molecule has 4 rings (SSSR count). The van der Waals surface area contributed by atoms with E-state index in [1.165, 1.54) is 0 Å². The highest BCUT2D eigenvalue weighted by atomic mass is 16.5. The highest BCUT2D eigenvalue weighted by molar-refractivity contribution is 5.71. The molecule has 1 aliphatic rings. The molecule has 0 fully saturated rings. The molecule has 2 aromatic carbocycles. The number of rotatable bonds is 2. The first kappa shape index (κ1) is 14.8. The van der Waals surface area contributed by atoms with Crippen LogP contribution in [0.15, 0.2) is 48.5 Å². The van der Waals surface area contributed by atoms with Crippen LogP contribution in [0.4, 0.5) is 0 Å². The Hall–Kier alpha value is -2.82. The van der Waals surface area contributed by atoms with E-state index in [9.17, 15) is 0 Å². The molecule has 0 radical (unpaired) electrons. The third-order valence-corrected chi connectivity index (χ3v) is 4.26. The first-order valence-corrected chi connectivity index (χ1v) is 8.18. The lowest BCUT2D eigenvalue weighted by Crippen LogP contribution is -2.02. The second kappa shape index (κ2) is 6.35. The second-order valence-corrected chi connectivity index (χ2v) is 5.80. The van der Waals surface area contributed by atoms with Crippen molar-refractivity contribution in [1.29, 1.82) is 0 Å². The van der Waals surface area contributed by atoms with Gasteiger partial charge in [-0.1, -0.05) is 17.3 Å². The van der Waals surface area contributed by atoms with Crippen LogP contribution in [0.5, 0.6) is 11.5 Å². The lowest BCUT2D eigenvalue weighted by atomic mass is 10.1. The molecule has 3 aromatic rings. The summed E-state index contributed by atoms with van der Waals surface area (Å²) in [5.74, 6) is 1.71. The predicted octanol–water partition coefficient (Wildman–Crippen LogP) is 3.66. The summed E-state index contributed by atoms with van der Waals surface area (Å²) in [7, 11) is 1.66. The molecular formula is C19H19N3O2. The summed E-state index contributed by atoms with van der Waals surface area (Å²) >= 11 is 0. The lowest BCUT2D eigenvalue weighted by molar-refractivity contribution is 0.309. The molecule has 0 bridgehead atoms. The fourth-order valence-electron chi connectivity index (χ4n) is 3.02. The van der Waals surface area contributed by atoms with Crippen molar-refractivity contribution in [3.8, 4) is 28.4 Å². The van der Waals surface area contributed by atoms with Crippen LogP contribution in [-0.4, -0.2) is 28.7 Å². The molecule has 0 saturated carbocycles. The zero-order chi connectivity index (χ0) is 16.4. The molecule has 1 aliphatic heterocycles. The Morgan fingerprint density at radius 3 is 2.71 bits per heavy atom. The summed E-state index contributed by atoms with van der Waals surface area (Å²) in [6.45, 7) is 0.733. The largest absolute Gasteiger partial charge is 0.497 e. The van der Waals surface area contributed by atoms with Gasteiger partial charge in [-0.05, 0) is 55.7 Å². The maximum atomic E-state index is 5.97. The van der Waals surface area contributed by atoms with Crippen LogP contribution in [0, 0.1) is 0 Å². The number of fused-ring (bicyclic) bond motifs is 3. The maximum Gasteiger partial charge on any atom is 0.128 e. The number of methoxy groups -OCH3 is 1. The van der Waals surface area contributed by atoms with Crippen LogP contribution in [0.3, 0.4) is 0 Å². The number of aryl methyl sites for hydroxylation is 1. The van der Waals surface area contributed by atoms with Gasteiger partial charge in [0, 0.05) is 5.56 Å². The van der Waals surface area contributed by atoms with Crippen LogP contribution in [0.1, 0.15) is 18.5 Å². The van der Waals surface area contributed by atoms with E-state index in [4.69, 9.17) is 9.47 Å². The van der Waals surface area contributed by atoms with Gasteiger partial charge >= 0.3 is 0 Å². The van der Waals surface area contributed by atoms with Crippen molar-refractivity contribution in [1.82, 2.24) is 15.0 Å². The maximum absolute atomic E-state index is 5.97. The zero-order valence-electron chi connectivity index (χ0n) is 13.6. The van der Waals surface area contributed by atoms with E-state index in [-0.39, 0.29) is 0 Å². The fourth-order valence-corrected chi connectivity index (χ4v) is 3.02. The predicted molar refractivity (Wildman–Crippen MR) is 91.8 cm³/mol. The van der Waals surface area contributed by atoms with Crippen LogP contribution in [0.2, 0.25) is 0 Å². The van der Waals surface area contributed by atoms with E-state index in [1.54, 1.807) is 7.11 Å². The smallest absolute Gasteiger partial charge is 0.128 e. The molecule has 0 amide bonds. The minimum Gasteiger partial charge on any atom is -0.497 e. The van der Waals surface area contributed by atoms with Gasteiger partial charge in [0.25, 0.3) is 0 Å². The highest BCUT2D eigenvalue weighted by Crippen LogP contribution is 2.34. The normalized spacial score (nSPS) is 13.7. The molecule has 24 heavy (non-hydrogen) atoms. The Bertz CT molecular complexity index is 840. The Morgan fingerprint density at radius 2 is 1.88 bits per heavy atom. The third-order valence-electron chi connectivity index (χ3n) is 4.26. The van der Waals surface area contributed by atoms with Crippen LogP contribution < -0.4 is 9.47 Å². The van der Waals surface area contributed by atoms with E-state index in [0.717, 1.165) is 60.0 Å². The number of para-hydroxylation sites is 1. The average Bonchev–Trinajstić information content (AvgIpc) is 3.07. The molecule has 122 valence electrons. The van der Waals surface area contributed by atoms with Gasteiger partial charge in [0.1, 0.15) is 17.2 Å². The summed E-state index contributed by atoms with van der Waals surface area (Å²) in [4.78, 5) is 0. The minimum absolute atomic E-state index is 0.733. The SMILES string of the molecule is COc1ccc(-n2nnc3c2-c2ccccc2OCCCC3)cc1. The average molecular weight is 321 g/mol. The summed E-state index contributed by atoms with van der Waals surface area (Å²) in [6, 6.07) is 15.9. The van der Waals surface area contributed by atoms with Gasteiger partial charge < -0.3 is 9.47 Å². The van der Waals surface area contributed by atoms with Gasteiger partial charge in [-0.15, -0.1) is 5.10 Å². The second-order valence-electron chi connectivity index (χ2n) is 5.80. The molecule has 0 N–H and O–H groups in total. The molecule has 5 heteroatoms. The van der Waals surface area contributed by atoms with Gasteiger partial charge in [-0.2, -0.15) is 0 Å². The molecule has 5 nitrogen and oxygen atoms in total. The molecule has 0 spiro atoms. The van der Waals surface area contributed by atoms with E-state index >= 15 is 0 Å². The Labute approximate surface area is 140 Å². The fraction of sp³-hybridized carbons (Fsp3) is 0.263. The number of hydrogen-bond acceptors (Lipinski definition) is 4. The number of nitrogens with zero attached hydrogens (tertiary/aromatic N) is 3. The zero-order valence-corrected chi connectivity index (χ0v) is 13.6.